The SMILES string of the molecule is CN=C(NCCCS(=O)(=O)Cc1ccccc1)NCCc1cccc(C(=O)NC)c1.I. The molecule has 0 heterocycles. The summed E-state index contributed by atoms with van der Waals surface area (Å²) in [6, 6.07) is 16.7. The van der Waals surface area contributed by atoms with Gasteiger partial charge in [0.1, 0.15) is 0 Å². The Bertz CT molecular complexity index is 950. The lowest BCUT2D eigenvalue weighted by molar-refractivity contribution is 0.0963. The maximum atomic E-state index is 12.2. The highest BCUT2D eigenvalue weighted by molar-refractivity contribution is 14.0. The molecule has 0 unspecified atom stereocenters. The number of sulfone groups is 1. The van der Waals surface area contributed by atoms with Crippen molar-refractivity contribution < 1.29 is 13.2 Å². The average molecular weight is 558 g/mol. The number of guanidine groups is 1. The summed E-state index contributed by atoms with van der Waals surface area (Å²) >= 11 is 0. The van der Waals surface area contributed by atoms with Crippen LogP contribution < -0.4 is 16.0 Å². The van der Waals surface area contributed by atoms with Crippen molar-refractivity contribution in [3.8, 4) is 0 Å². The van der Waals surface area contributed by atoms with Crippen LogP contribution in [0.1, 0.15) is 27.9 Å². The van der Waals surface area contributed by atoms with Gasteiger partial charge in [0.25, 0.3) is 5.91 Å². The summed E-state index contributed by atoms with van der Waals surface area (Å²) in [5.41, 5.74) is 2.49. The molecule has 0 radical (unpaired) electrons. The van der Waals surface area contributed by atoms with Crippen molar-refractivity contribution in [3.63, 3.8) is 0 Å². The molecule has 3 N–H and O–H groups in total. The first-order chi connectivity index (χ1) is 14.4. The number of hydrogen-bond acceptors (Lipinski definition) is 4. The number of halogens is 1. The first-order valence-corrected chi connectivity index (χ1v) is 11.8. The molecule has 7 nitrogen and oxygen atoms in total. The van der Waals surface area contributed by atoms with Gasteiger partial charge in [-0.3, -0.25) is 9.79 Å². The summed E-state index contributed by atoms with van der Waals surface area (Å²) in [6.45, 7) is 1.16. The Morgan fingerprint density at radius 1 is 0.968 bits per heavy atom. The van der Waals surface area contributed by atoms with E-state index in [1.807, 2.05) is 48.5 Å². The summed E-state index contributed by atoms with van der Waals surface area (Å²) < 4.78 is 24.5. The highest BCUT2D eigenvalue weighted by Crippen LogP contribution is 2.07. The monoisotopic (exact) mass is 558 g/mol. The van der Waals surface area contributed by atoms with Gasteiger partial charge in [0.2, 0.25) is 0 Å². The van der Waals surface area contributed by atoms with Crippen molar-refractivity contribution in [1.82, 2.24) is 16.0 Å². The van der Waals surface area contributed by atoms with E-state index in [4.69, 9.17) is 0 Å². The maximum Gasteiger partial charge on any atom is 0.251 e. The second kappa shape index (κ2) is 14.0. The van der Waals surface area contributed by atoms with Crippen molar-refractivity contribution in [3.05, 3.63) is 71.3 Å². The van der Waals surface area contributed by atoms with Crippen LogP contribution in [0.25, 0.3) is 0 Å². The van der Waals surface area contributed by atoms with Crippen LogP contribution in [-0.2, 0) is 22.0 Å². The minimum Gasteiger partial charge on any atom is -0.356 e. The summed E-state index contributed by atoms with van der Waals surface area (Å²) in [5, 5.41) is 8.97. The molecule has 0 spiro atoms. The normalized spacial score (nSPS) is 11.4. The first-order valence-electron chi connectivity index (χ1n) is 9.93. The Hall–Kier alpha value is -2.14. The zero-order chi connectivity index (χ0) is 21.8. The van der Waals surface area contributed by atoms with Crippen molar-refractivity contribution in [2.45, 2.75) is 18.6 Å². The Labute approximate surface area is 202 Å². The Balaban J connectivity index is 0.00000480. The number of amides is 1. The van der Waals surface area contributed by atoms with Gasteiger partial charge in [0, 0.05) is 32.7 Å². The molecular formula is C22H31IN4O3S. The standard InChI is InChI=1S/C22H30N4O3S.HI/c1-23-21(27)20-11-6-10-18(16-20)12-14-26-22(24-2)25-13-7-15-30(28,29)17-19-8-4-3-5-9-19;/h3-6,8-11,16H,7,12-15,17H2,1-2H3,(H,23,27)(H2,24,25,26);1H. The number of nitrogens with zero attached hydrogens (tertiary/aromatic N) is 1. The molecule has 0 saturated heterocycles. The van der Waals surface area contributed by atoms with Gasteiger partial charge in [-0.05, 0) is 36.1 Å². The van der Waals surface area contributed by atoms with Crippen LogP contribution in [-0.4, -0.2) is 53.2 Å². The van der Waals surface area contributed by atoms with Crippen LogP contribution in [0.4, 0.5) is 0 Å². The van der Waals surface area contributed by atoms with Gasteiger partial charge < -0.3 is 16.0 Å². The number of aliphatic imine (C=N–C) groups is 1. The molecule has 0 aliphatic rings. The molecule has 0 fully saturated rings. The predicted molar refractivity (Wildman–Crippen MR) is 137 cm³/mol. The molecule has 0 saturated carbocycles. The smallest absolute Gasteiger partial charge is 0.251 e. The van der Waals surface area contributed by atoms with Crippen LogP contribution in [0.2, 0.25) is 0 Å². The van der Waals surface area contributed by atoms with Gasteiger partial charge in [-0.1, -0.05) is 42.5 Å². The number of rotatable bonds is 10. The van der Waals surface area contributed by atoms with Crippen molar-refractivity contribution in [1.29, 1.82) is 0 Å². The van der Waals surface area contributed by atoms with Gasteiger partial charge >= 0.3 is 0 Å². The summed E-state index contributed by atoms with van der Waals surface area (Å²) in [5.74, 6) is 0.705. The van der Waals surface area contributed by atoms with E-state index >= 15 is 0 Å². The van der Waals surface area contributed by atoms with E-state index in [-0.39, 0.29) is 41.4 Å². The molecule has 2 aromatic carbocycles. The van der Waals surface area contributed by atoms with Crippen LogP contribution >= 0.6 is 24.0 Å². The lowest BCUT2D eigenvalue weighted by Crippen LogP contribution is -2.39. The molecule has 31 heavy (non-hydrogen) atoms. The number of carbonyl (C=O) groups excluding carboxylic acids is 1. The molecule has 9 heteroatoms. The summed E-state index contributed by atoms with van der Waals surface area (Å²) in [7, 11) is 0.146. The molecular weight excluding hydrogens is 527 g/mol. The van der Waals surface area contributed by atoms with Crippen LogP contribution in [0, 0.1) is 0 Å². The zero-order valence-electron chi connectivity index (χ0n) is 17.9. The number of hydrogen-bond donors (Lipinski definition) is 3. The quantitative estimate of drug-likeness (QED) is 0.180. The number of carbonyl (C=O) groups is 1. The lowest BCUT2D eigenvalue weighted by atomic mass is 10.1. The van der Waals surface area contributed by atoms with E-state index in [9.17, 15) is 13.2 Å². The second-order valence-electron chi connectivity index (χ2n) is 6.89. The van der Waals surface area contributed by atoms with Crippen molar-refractivity contribution >= 4 is 45.7 Å². The highest BCUT2D eigenvalue weighted by atomic mass is 127. The minimum atomic E-state index is -3.14. The van der Waals surface area contributed by atoms with E-state index in [2.05, 4.69) is 20.9 Å². The topological polar surface area (TPSA) is 99.7 Å². The van der Waals surface area contributed by atoms with E-state index in [0.29, 0.717) is 31.0 Å². The van der Waals surface area contributed by atoms with Crippen LogP contribution in [0.5, 0.6) is 0 Å². The number of benzene rings is 2. The fourth-order valence-corrected chi connectivity index (χ4v) is 4.39. The third kappa shape index (κ3) is 10.1. The molecule has 2 aromatic rings. The molecule has 0 bridgehead atoms. The summed E-state index contributed by atoms with van der Waals surface area (Å²) in [4.78, 5) is 15.9. The van der Waals surface area contributed by atoms with E-state index in [0.717, 1.165) is 17.5 Å². The Morgan fingerprint density at radius 3 is 2.32 bits per heavy atom. The van der Waals surface area contributed by atoms with Gasteiger partial charge in [-0.2, -0.15) is 0 Å². The number of nitrogens with one attached hydrogen (secondary N) is 3. The fraction of sp³-hybridized carbons (Fsp3) is 0.364. The third-order valence-electron chi connectivity index (χ3n) is 4.50. The van der Waals surface area contributed by atoms with Crippen molar-refractivity contribution in [2.75, 3.05) is 32.9 Å². The highest BCUT2D eigenvalue weighted by Gasteiger charge is 2.11. The molecule has 0 atom stereocenters. The zero-order valence-corrected chi connectivity index (χ0v) is 21.1. The van der Waals surface area contributed by atoms with Crippen LogP contribution in [0.15, 0.2) is 59.6 Å². The fourth-order valence-electron chi connectivity index (χ4n) is 2.96. The third-order valence-corrected chi connectivity index (χ3v) is 6.18. The Kier molecular flexibility index (Phi) is 12.2. The molecule has 0 aromatic heterocycles. The lowest BCUT2D eigenvalue weighted by Gasteiger charge is -2.12. The maximum absolute atomic E-state index is 12.2. The molecule has 1 amide bonds. The molecule has 0 aliphatic carbocycles. The molecule has 0 aliphatic heterocycles. The second-order valence-corrected chi connectivity index (χ2v) is 9.07. The largest absolute Gasteiger partial charge is 0.356 e. The van der Waals surface area contributed by atoms with E-state index < -0.39 is 9.84 Å². The van der Waals surface area contributed by atoms with Gasteiger partial charge in [0.15, 0.2) is 15.8 Å². The van der Waals surface area contributed by atoms with Crippen molar-refractivity contribution in [2.24, 2.45) is 4.99 Å². The predicted octanol–water partition coefficient (Wildman–Crippen LogP) is 2.38. The Morgan fingerprint density at radius 2 is 1.65 bits per heavy atom. The van der Waals surface area contributed by atoms with Gasteiger partial charge in [-0.25, -0.2) is 8.42 Å². The minimum absolute atomic E-state index is 0. The van der Waals surface area contributed by atoms with E-state index in [1.165, 1.54) is 0 Å². The first kappa shape index (κ1) is 26.9. The van der Waals surface area contributed by atoms with Gasteiger partial charge in [0.05, 0.1) is 11.5 Å². The van der Waals surface area contributed by atoms with Gasteiger partial charge in [-0.15, -0.1) is 24.0 Å². The molecule has 2 rings (SSSR count). The van der Waals surface area contributed by atoms with E-state index in [1.54, 1.807) is 20.2 Å². The summed E-state index contributed by atoms with van der Waals surface area (Å²) in [6.07, 6.45) is 1.24. The molecule has 170 valence electrons. The van der Waals surface area contributed by atoms with Crippen LogP contribution in [0.3, 0.4) is 0 Å². The average Bonchev–Trinajstić information content (AvgIpc) is 2.75.